The van der Waals surface area contributed by atoms with E-state index in [1.165, 1.54) is 18.4 Å². The summed E-state index contributed by atoms with van der Waals surface area (Å²) in [6, 6.07) is 8.44. The number of benzene rings is 1. The largest absolute Gasteiger partial charge is 0.488 e. The molecule has 0 spiro atoms. The Bertz CT molecular complexity index is 1020. The van der Waals surface area contributed by atoms with E-state index in [0.717, 1.165) is 80.7 Å². The van der Waals surface area contributed by atoms with E-state index in [1.54, 1.807) is 6.33 Å². The molecule has 1 aliphatic carbocycles. The van der Waals surface area contributed by atoms with Crippen LogP contribution < -0.4 is 9.64 Å². The van der Waals surface area contributed by atoms with Crippen LogP contribution in [0.3, 0.4) is 0 Å². The van der Waals surface area contributed by atoms with Crippen molar-refractivity contribution in [2.75, 3.05) is 44.2 Å². The molecule has 32 heavy (non-hydrogen) atoms. The summed E-state index contributed by atoms with van der Waals surface area (Å²) >= 11 is 0. The maximum atomic E-state index is 6.19. The van der Waals surface area contributed by atoms with Gasteiger partial charge in [0.2, 0.25) is 0 Å². The van der Waals surface area contributed by atoms with Crippen molar-refractivity contribution in [1.29, 1.82) is 0 Å². The third-order valence-corrected chi connectivity index (χ3v) is 7.14. The van der Waals surface area contributed by atoms with E-state index in [2.05, 4.69) is 51.0 Å². The zero-order valence-corrected chi connectivity index (χ0v) is 18.8. The fraction of sp³-hybridized carbons (Fsp3) is 0.560. The topological polar surface area (TPSA) is 63.1 Å². The molecular formula is C25H31N5O2. The van der Waals surface area contributed by atoms with Crippen LogP contribution in [-0.2, 0) is 11.3 Å². The van der Waals surface area contributed by atoms with E-state index in [4.69, 9.17) is 14.5 Å². The molecule has 2 saturated heterocycles. The highest BCUT2D eigenvalue weighted by atomic mass is 16.5. The molecule has 7 nitrogen and oxygen atoms in total. The maximum Gasteiger partial charge on any atom is 0.132 e. The number of aliphatic imine (C=N–C) groups is 1. The molecule has 4 heterocycles. The highest BCUT2D eigenvalue weighted by molar-refractivity contribution is 6.14. The average molecular weight is 434 g/mol. The maximum absolute atomic E-state index is 6.19. The van der Waals surface area contributed by atoms with Gasteiger partial charge >= 0.3 is 0 Å². The summed E-state index contributed by atoms with van der Waals surface area (Å²) in [6.45, 7) is 8.89. The van der Waals surface area contributed by atoms with Crippen molar-refractivity contribution < 1.29 is 9.47 Å². The summed E-state index contributed by atoms with van der Waals surface area (Å²) in [5.74, 6) is 1.91. The third-order valence-electron chi connectivity index (χ3n) is 7.14. The van der Waals surface area contributed by atoms with Crippen LogP contribution in [0.2, 0.25) is 0 Å². The smallest absolute Gasteiger partial charge is 0.132 e. The molecule has 0 radical (unpaired) electrons. The van der Waals surface area contributed by atoms with Gasteiger partial charge in [0.05, 0.1) is 24.1 Å². The van der Waals surface area contributed by atoms with Crippen molar-refractivity contribution in [3.05, 3.63) is 47.4 Å². The van der Waals surface area contributed by atoms with Gasteiger partial charge in [0.25, 0.3) is 0 Å². The molecule has 2 aromatic rings. The van der Waals surface area contributed by atoms with Gasteiger partial charge in [-0.15, -0.1) is 0 Å². The van der Waals surface area contributed by atoms with Gasteiger partial charge in [-0.05, 0) is 50.3 Å². The van der Waals surface area contributed by atoms with E-state index < -0.39 is 0 Å². The number of rotatable bonds is 6. The summed E-state index contributed by atoms with van der Waals surface area (Å²) in [5, 5.41) is 0. The van der Waals surface area contributed by atoms with E-state index in [-0.39, 0.29) is 5.60 Å². The van der Waals surface area contributed by atoms with Gasteiger partial charge in [0, 0.05) is 51.0 Å². The van der Waals surface area contributed by atoms with Crippen LogP contribution in [-0.4, -0.2) is 71.6 Å². The monoisotopic (exact) mass is 433 g/mol. The highest BCUT2D eigenvalue weighted by Crippen LogP contribution is 2.40. The number of hydrogen-bond acceptors (Lipinski definition) is 7. The second kappa shape index (κ2) is 8.12. The summed E-state index contributed by atoms with van der Waals surface area (Å²) < 4.78 is 12.0. The molecule has 1 aromatic heterocycles. The predicted octanol–water partition coefficient (Wildman–Crippen LogP) is 3.06. The number of piperazine rings is 1. The van der Waals surface area contributed by atoms with Crippen LogP contribution in [0.1, 0.15) is 49.4 Å². The molecule has 1 aromatic carbocycles. The molecule has 3 aliphatic heterocycles. The molecule has 0 bridgehead atoms. The van der Waals surface area contributed by atoms with Gasteiger partial charge < -0.3 is 14.4 Å². The van der Waals surface area contributed by atoms with Gasteiger partial charge in [-0.1, -0.05) is 6.07 Å². The standard InChI is InChI=1S/C25H31N5O2/c1-25(6-7-25)32-19-5-4-18-15-26-24(21(18)13-19)22-14-23(28-17-27-22)30-10-8-29(9-11-30)16-20-3-2-12-31-20/h4-5,13-14,17,20H,2-3,6-12,15-16H2,1H3. The second-order valence-electron chi connectivity index (χ2n) is 9.72. The fourth-order valence-electron chi connectivity index (χ4n) is 4.89. The van der Waals surface area contributed by atoms with Gasteiger partial charge in [0.15, 0.2) is 0 Å². The summed E-state index contributed by atoms with van der Waals surface area (Å²) in [6.07, 6.45) is 6.75. The SMILES string of the molecule is CC1(Oc2ccc3c(c2)C(c2cc(N4CCN(CC5CCCO5)CC4)ncn2)=NC3)CC1. The van der Waals surface area contributed by atoms with Gasteiger partial charge in [0.1, 0.15) is 23.5 Å². The van der Waals surface area contributed by atoms with Gasteiger partial charge in [-0.2, -0.15) is 0 Å². The highest BCUT2D eigenvalue weighted by Gasteiger charge is 2.40. The Morgan fingerprint density at radius 1 is 1.12 bits per heavy atom. The lowest BCUT2D eigenvalue weighted by Crippen LogP contribution is -2.48. The lowest BCUT2D eigenvalue weighted by atomic mass is 10.0. The van der Waals surface area contributed by atoms with Crippen molar-refractivity contribution in [2.45, 2.75) is 50.9 Å². The van der Waals surface area contributed by atoms with Crippen LogP contribution in [0.5, 0.6) is 5.75 Å². The van der Waals surface area contributed by atoms with Crippen LogP contribution in [0, 0.1) is 0 Å². The number of aromatic nitrogens is 2. The minimum atomic E-state index is 0.0122. The number of ether oxygens (including phenoxy) is 2. The quantitative estimate of drug-likeness (QED) is 0.698. The van der Waals surface area contributed by atoms with Crippen molar-refractivity contribution in [3.8, 4) is 5.75 Å². The molecule has 1 unspecified atom stereocenters. The van der Waals surface area contributed by atoms with E-state index in [1.807, 2.05) is 0 Å². The zero-order valence-electron chi connectivity index (χ0n) is 18.8. The minimum absolute atomic E-state index is 0.0122. The van der Waals surface area contributed by atoms with E-state index in [9.17, 15) is 0 Å². The number of fused-ring (bicyclic) bond motifs is 1. The Morgan fingerprint density at radius 3 is 2.78 bits per heavy atom. The molecule has 1 saturated carbocycles. The summed E-state index contributed by atoms with van der Waals surface area (Å²) in [4.78, 5) is 18.9. The normalized spacial score (nSPS) is 24.3. The van der Waals surface area contributed by atoms with E-state index in [0.29, 0.717) is 12.6 Å². The molecule has 0 N–H and O–H groups in total. The van der Waals surface area contributed by atoms with Crippen molar-refractivity contribution in [2.24, 2.45) is 4.99 Å². The van der Waals surface area contributed by atoms with Crippen LogP contribution in [0.15, 0.2) is 35.6 Å². The Morgan fingerprint density at radius 2 is 2.00 bits per heavy atom. The fourth-order valence-corrected chi connectivity index (χ4v) is 4.89. The predicted molar refractivity (Wildman–Crippen MR) is 124 cm³/mol. The van der Waals surface area contributed by atoms with Crippen LogP contribution in [0.4, 0.5) is 5.82 Å². The lowest BCUT2D eigenvalue weighted by Gasteiger charge is -2.36. The first-order valence-corrected chi connectivity index (χ1v) is 11.9. The number of hydrogen-bond donors (Lipinski definition) is 0. The Kier molecular flexibility index (Phi) is 5.11. The lowest BCUT2D eigenvalue weighted by molar-refractivity contribution is 0.0712. The van der Waals surface area contributed by atoms with Gasteiger partial charge in [-0.3, -0.25) is 9.89 Å². The van der Waals surface area contributed by atoms with Crippen LogP contribution >= 0.6 is 0 Å². The minimum Gasteiger partial charge on any atom is -0.488 e. The summed E-state index contributed by atoms with van der Waals surface area (Å²) in [5.41, 5.74) is 4.23. The van der Waals surface area contributed by atoms with Crippen molar-refractivity contribution >= 4 is 11.5 Å². The zero-order chi connectivity index (χ0) is 21.5. The Hall–Kier alpha value is -2.51. The van der Waals surface area contributed by atoms with Gasteiger partial charge in [-0.25, -0.2) is 9.97 Å². The molecule has 168 valence electrons. The van der Waals surface area contributed by atoms with Crippen LogP contribution in [0.25, 0.3) is 0 Å². The third kappa shape index (κ3) is 4.11. The number of anilines is 1. The first-order valence-electron chi connectivity index (χ1n) is 11.9. The van der Waals surface area contributed by atoms with E-state index >= 15 is 0 Å². The van der Waals surface area contributed by atoms with Crippen molar-refractivity contribution in [1.82, 2.24) is 14.9 Å². The molecule has 0 amide bonds. The molecular weight excluding hydrogens is 402 g/mol. The number of nitrogens with zero attached hydrogens (tertiary/aromatic N) is 5. The average Bonchev–Trinajstić information content (AvgIpc) is 3.18. The summed E-state index contributed by atoms with van der Waals surface area (Å²) in [7, 11) is 0. The molecule has 3 fully saturated rings. The first kappa shape index (κ1) is 20.1. The van der Waals surface area contributed by atoms with Crippen molar-refractivity contribution in [3.63, 3.8) is 0 Å². The molecule has 1 atom stereocenters. The molecule has 6 rings (SSSR count). The molecule has 4 aliphatic rings. The second-order valence-corrected chi connectivity index (χ2v) is 9.72. The molecule has 7 heteroatoms. The Labute approximate surface area is 189 Å². The Balaban J connectivity index is 1.15. The first-order chi connectivity index (χ1) is 15.7.